The quantitative estimate of drug-likeness (QED) is 0.875. The summed E-state index contributed by atoms with van der Waals surface area (Å²) in [6.07, 6.45) is 3.08. The van der Waals surface area contributed by atoms with Gasteiger partial charge in [0.15, 0.2) is 0 Å². The van der Waals surface area contributed by atoms with Gasteiger partial charge >= 0.3 is 0 Å². The van der Waals surface area contributed by atoms with E-state index in [2.05, 4.69) is 24.3 Å². The van der Waals surface area contributed by atoms with Crippen molar-refractivity contribution in [1.82, 2.24) is 15.1 Å². The van der Waals surface area contributed by atoms with Gasteiger partial charge in [-0.3, -0.25) is 9.59 Å². The molecule has 1 atom stereocenters. The van der Waals surface area contributed by atoms with Gasteiger partial charge in [0.05, 0.1) is 17.5 Å². The first-order valence-corrected chi connectivity index (χ1v) is 9.35. The predicted octanol–water partition coefficient (Wildman–Crippen LogP) is 2.91. The first kappa shape index (κ1) is 16.9. The molecule has 0 radical (unpaired) electrons. The van der Waals surface area contributed by atoms with Crippen LogP contribution in [-0.2, 0) is 11.3 Å². The summed E-state index contributed by atoms with van der Waals surface area (Å²) in [5, 5.41) is 9.59. The molecule has 1 fully saturated rings. The van der Waals surface area contributed by atoms with Crippen molar-refractivity contribution < 1.29 is 4.79 Å². The molecule has 0 aromatic carbocycles. The van der Waals surface area contributed by atoms with E-state index in [0.29, 0.717) is 6.54 Å². The lowest BCUT2D eigenvalue weighted by molar-refractivity contribution is -0.128. The summed E-state index contributed by atoms with van der Waals surface area (Å²) in [4.78, 5) is 25.5. The van der Waals surface area contributed by atoms with Crippen LogP contribution in [0.3, 0.4) is 0 Å². The minimum absolute atomic E-state index is 0.0955. The Balaban J connectivity index is 1.77. The summed E-state index contributed by atoms with van der Waals surface area (Å²) in [7, 11) is 0. The van der Waals surface area contributed by atoms with Crippen LogP contribution in [0.1, 0.15) is 33.1 Å². The van der Waals surface area contributed by atoms with Crippen LogP contribution >= 0.6 is 11.3 Å². The van der Waals surface area contributed by atoms with Crippen LogP contribution in [0.25, 0.3) is 10.6 Å². The van der Waals surface area contributed by atoms with Gasteiger partial charge in [0.25, 0.3) is 5.56 Å². The van der Waals surface area contributed by atoms with Gasteiger partial charge in [0.2, 0.25) is 5.91 Å². The van der Waals surface area contributed by atoms with Crippen molar-refractivity contribution in [1.29, 1.82) is 0 Å². The summed E-state index contributed by atoms with van der Waals surface area (Å²) in [5.41, 5.74) is 0.649. The molecular formula is C18H23N3O2S. The van der Waals surface area contributed by atoms with Crippen LogP contribution in [0, 0.1) is 11.8 Å². The van der Waals surface area contributed by atoms with E-state index in [0.717, 1.165) is 29.8 Å². The number of nitrogens with zero attached hydrogens (tertiary/aromatic N) is 2. The fraction of sp³-hybridized carbons (Fsp3) is 0.500. The highest BCUT2D eigenvalue weighted by Gasteiger charge is 2.28. The molecule has 6 heteroatoms. The molecule has 0 spiro atoms. The molecule has 0 aliphatic heterocycles. The topological polar surface area (TPSA) is 64.0 Å². The van der Waals surface area contributed by atoms with E-state index in [1.807, 2.05) is 17.5 Å². The molecular weight excluding hydrogens is 322 g/mol. The lowest BCUT2D eigenvalue weighted by atomic mass is 9.84. The van der Waals surface area contributed by atoms with Crippen molar-refractivity contribution in [2.24, 2.45) is 11.8 Å². The number of carbonyl (C=O) groups excluding carboxylic acids is 1. The van der Waals surface area contributed by atoms with Gasteiger partial charge in [0.1, 0.15) is 5.69 Å². The van der Waals surface area contributed by atoms with Crippen molar-refractivity contribution in [3.05, 3.63) is 40.0 Å². The molecule has 0 bridgehead atoms. The summed E-state index contributed by atoms with van der Waals surface area (Å²) in [6.45, 7) is 4.51. The standard InChI is InChI=1S/C18H23N3O2S/c1-12(2)15(19-18(23)13-5-3-6-13)11-21-17(22)9-8-14(20-21)16-7-4-10-24-16/h4,7-10,12-13,15H,3,5-6,11H2,1-2H3,(H,19,23)/t15-/m1/s1. The second kappa shape index (κ2) is 7.30. The number of thiophene rings is 1. The summed E-state index contributed by atoms with van der Waals surface area (Å²) < 4.78 is 1.47. The van der Waals surface area contributed by atoms with E-state index < -0.39 is 0 Å². The molecule has 5 nitrogen and oxygen atoms in total. The highest BCUT2D eigenvalue weighted by Crippen LogP contribution is 2.26. The molecule has 128 valence electrons. The Labute approximate surface area is 145 Å². The largest absolute Gasteiger partial charge is 0.351 e. The Bertz CT molecular complexity index is 748. The SMILES string of the molecule is CC(C)[C@@H](Cn1nc(-c2cccs2)ccc1=O)NC(=O)C1CCC1. The van der Waals surface area contributed by atoms with Crippen molar-refractivity contribution in [3.63, 3.8) is 0 Å². The van der Waals surface area contributed by atoms with Crippen LogP contribution in [0.5, 0.6) is 0 Å². The highest BCUT2D eigenvalue weighted by molar-refractivity contribution is 7.13. The second-order valence-electron chi connectivity index (χ2n) is 6.70. The van der Waals surface area contributed by atoms with Crippen LogP contribution in [0.15, 0.2) is 34.4 Å². The fourth-order valence-electron chi connectivity index (χ4n) is 2.72. The third kappa shape index (κ3) is 3.75. The zero-order valence-electron chi connectivity index (χ0n) is 14.1. The number of hydrogen-bond donors (Lipinski definition) is 1. The Morgan fingerprint density at radius 2 is 2.17 bits per heavy atom. The second-order valence-corrected chi connectivity index (χ2v) is 7.65. The van der Waals surface area contributed by atoms with E-state index in [4.69, 9.17) is 0 Å². The molecule has 0 saturated heterocycles. The van der Waals surface area contributed by atoms with E-state index >= 15 is 0 Å². The summed E-state index contributed by atoms with van der Waals surface area (Å²) in [5.74, 6) is 0.490. The van der Waals surface area contributed by atoms with Crippen LogP contribution in [0.2, 0.25) is 0 Å². The molecule has 1 saturated carbocycles. The average molecular weight is 345 g/mol. The third-order valence-corrected chi connectivity index (χ3v) is 5.51. The predicted molar refractivity (Wildman–Crippen MR) is 95.9 cm³/mol. The van der Waals surface area contributed by atoms with Crippen LogP contribution in [0.4, 0.5) is 0 Å². The Kier molecular flexibility index (Phi) is 5.14. The molecule has 2 heterocycles. The van der Waals surface area contributed by atoms with E-state index in [1.54, 1.807) is 23.5 Å². The molecule has 3 rings (SSSR count). The summed E-state index contributed by atoms with van der Waals surface area (Å²) >= 11 is 1.59. The summed E-state index contributed by atoms with van der Waals surface area (Å²) in [6, 6.07) is 7.16. The van der Waals surface area contributed by atoms with E-state index in [1.165, 1.54) is 4.68 Å². The van der Waals surface area contributed by atoms with Crippen molar-refractivity contribution in [2.45, 2.75) is 45.7 Å². The molecule has 1 aliphatic carbocycles. The number of rotatable bonds is 6. The maximum Gasteiger partial charge on any atom is 0.266 e. The molecule has 24 heavy (non-hydrogen) atoms. The molecule has 2 aromatic heterocycles. The van der Waals surface area contributed by atoms with E-state index in [9.17, 15) is 9.59 Å². The van der Waals surface area contributed by atoms with Crippen molar-refractivity contribution >= 4 is 17.2 Å². The fourth-order valence-corrected chi connectivity index (χ4v) is 3.41. The minimum atomic E-state index is -0.140. The molecule has 1 aliphatic rings. The Hall–Kier alpha value is -1.95. The lowest BCUT2D eigenvalue weighted by Gasteiger charge is -2.29. The van der Waals surface area contributed by atoms with Gasteiger partial charge < -0.3 is 5.32 Å². The van der Waals surface area contributed by atoms with Gasteiger partial charge in [-0.2, -0.15) is 5.10 Å². The minimum Gasteiger partial charge on any atom is -0.351 e. The highest BCUT2D eigenvalue weighted by atomic mass is 32.1. The zero-order chi connectivity index (χ0) is 17.1. The third-order valence-electron chi connectivity index (χ3n) is 4.62. The normalized spacial score (nSPS) is 16.0. The van der Waals surface area contributed by atoms with Crippen LogP contribution < -0.4 is 10.9 Å². The van der Waals surface area contributed by atoms with Gasteiger partial charge in [-0.1, -0.05) is 26.3 Å². The molecule has 1 N–H and O–H groups in total. The molecule has 2 aromatic rings. The van der Waals surface area contributed by atoms with Gasteiger partial charge in [-0.05, 0) is 36.3 Å². The number of hydrogen-bond acceptors (Lipinski definition) is 4. The monoisotopic (exact) mass is 345 g/mol. The van der Waals surface area contributed by atoms with E-state index in [-0.39, 0.29) is 29.3 Å². The molecule has 0 unspecified atom stereocenters. The number of carbonyl (C=O) groups is 1. The van der Waals surface area contributed by atoms with Gasteiger partial charge in [-0.15, -0.1) is 11.3 Å². The van der Waals surface area contributed by atoms with Crippen molar-refractivity contribution in [2.75, 3.05) is 0 Å². The van der Waals surface area contributed by atoms with Gasteiger partial charge in [0, 0.05) is 12.0 Å². The molecule has 1 amide bonds. The number of amides is 1. The van der Waals surface area contributed by atoms with Crippen molar-refractivity contribution in [3.8, 4) is 10.6 Å². The Morgan fingerprint density at radius 1 is 1.38 bits per heavy atom. The van der Waals surface area contributed by atoms with Gasteiger partial charge in [-0.25, -0.2) is 4.68 Å². The maximum atomic E-state index is 12.3. The van der Waals surface area contributed by atoms with Crippen LogP contribution in [-0.4, -0.2) is 21.7 Å². The smallest absolute Gasteiger partial charge is 0.266 e. The zero-order valence-corrected chi connectivity index (χ0v) is 14.9. The lowest BCUT2D eigenvalue weighted by Crippen LogP contribution is -2.47. The maximum absolute atomic E-state index is 12.3. The number of nitrogens with one attached hydrogen (secondary N) is 1. The Morgan fingerprint density at radius 3 is 2.75 bits per heavy atom. The first-order chi connectivity index (χ1) is 11.5. The average Bonchev–Trinajstić information content (AvgIpc) is 3.00. The number of aromatic nitrogens is 2. The first-order valence-electron chi connectivity index (χ1n) is 8.47.